The molecule has 1 heterocycles. The molecule has 59 heavy (non-hydrogen) atoms. The summed E-state index contributed by atoms with van der Waals surface area (Å²) in [6.45, 7) is 0. The first-order chi connectivity index (χ1) is 29.3. The second-order valence-electron chi connectivity index (χ2n) is 15.1. The van der Waals surface area contributed by atoms with E-state index < -0.39 is 0 Å². The van der Waals surface area contributed by atoms with Crippen molar-refractivity contribution >= 4 is 60.2 Å². The Morgan fingerprint density at radius 1 is 0.271 bits per heavy atom. The van der Waals surface area contributed by atoms with Gasteiger partial charge in [0.15, 0.2) is 0 Å². The van der Waals surface area contributed by atoms with E-state index in [0.29, 0.717) is 0 Å². The van der Waals surface area contributed by atoms with Crippen LogP contribution in [0.4, 0.5) is 17.1 Å². The summed E-state index contributed by atoms with van der Waals surface area (Å²) >= 11 is 0. The number of pyridine rings is 1. The van der Waals surface area contributed by atoms with Crippen LogP contribution in [0.25, 0.3) is 87.6 Å². The van der Waals surface area contributed by atoms with Gasteiger partial charge in [0.05, 0.1) is 5.69 Å². The molecule has 0 bridgehead atoms. The topological polar surface area (TPSA) is 16.1 Å². The summed E-state index contributed by atoms with van der Waals surface area (Å²) in [6.07, 6.45) is 3.69. The molecule has 2 heteroatoms. The van der Waals surface area contributed by atoms with Crippen molar-refractivity contribution in [2.45, 2.75) is 0 Å². The van der Waals surface area contributed by atoms with Crippen LogP contribution in [-0.2, 0) is 0 Å². The van der Waals surface area contributed by atoms with Crippen molar-refractivity contribution in [2.24, 2.45) is 0 Å². The lowest BCUT2D eigenvalue weighted by Gasteiger charge is -2.27. The molecule has 0 N–H and O–H groups in total. The van der Waals surface area contributed by atoms with Gasteiger partial charge in [-0.25, -0.2) is 0 Å². The normalized spacial score (nSPS) is 11.4. The number of aromatic nitrogens is 1. The van der Waals surface area contributed by atoms with Crippen molar-refractivity contribution in [3.05, 3.63) is 231 Å². The maximum Gasteiger partial charge on any atom is 0.0540 e. The van der Waals surface area contributed by atoms with Crippen LogP contribution in [0.1, 0.15) is 0 Å². The summed E-state index contributed by atoms with van der Waals surface area (Å²) in [6, 6.07) is 79.4. The zero-order chi connectivity index (χ0) is 39.1. The van der Waals surface area contributed by atoms with Crippen LogP contribution in [0.2, 0.25) is 0 Å². The van der Waals surface area contributed by atoms with E-state index in [1.54, 1.807) is 0 Å². The van der Waals surface area contributed by atoms with Crippen LogP contribution in [0.15, 0.2) is 231 Å². The van der Waals surface area contributed by atoms with Crippen molar-refractivity contribution in [1.82, 2.24) is 4.98 Å². The summed E-state index contributed by atoms with van der Waals surface area (Å²) in [4.78, 5) is 6.57. The quantitative estimate of drug-likeness (QED) is 0.151. The van der Waals surface area contributed by atoms with E-state index in [1.807, 2.05) is 12.4 Å². The highest BCUT2D eigenvalue weighted by atomic mass is 15.1. The third kappa shape index (κ3) is 6.10. The van der Waals surface area contributed by atoms with Gasteiger partial charge in [0.25, 0.3) is 0 Å². The first kappa shape index (κ1) is 34.4. The Labute approximate surface area is 343 Å². The van der Waals surface area contributed by atoms with E-state index in [1.165, 1.54) is 76.5 Å². The number of anilines is 3. The zero-order valence-corrected chi connectivity index (χ0v) is 32.3. The van der Waals surface area contributed by atoms with E-state index in [2.05, 4.69) is 228 Å². The van der Waals surface area contributed by atoms with Crippen LogP contribution in [0.3, 0.4) is 0 Å². The van der Waals surface area contributed by atoms with Gasteiger partial charge >= 0.3 is 0 Å². The molecule has 11 aromatic rings. The predicted octanol–water partition coefficient (Wildman–Crippen LogP) is 15.8. The second-order valence-corrected chi connectivity index (χ2v) is 15.1. The zero-order valence-electron chi connectivity index (χ0n) is 32.3. The SMILES string of the molecule is c1ccc2c(-c3c4ccccc4c(-c4ccc(-c5ccc(N(c6ccc(-c7ccncc7)cc6)c6cccc7ccccc67)cc5)cc4)c4ccccc34)cccc2c1. The van der Waals surface area contributed by atoms with Gasteiger partial charge in [0.2, 0.25) is 0 Å². The van der Waals surface area contributed by atoms with Gasteiger partial charge in [-0.3, -0.25) is 4.98 Å². The third-order valence-corrected chi connectivity index (χ3v) is 11.8. The van der Waals surface area contributed by atoms with Gasteiger partial charge in [0.1, 0.15) is 0 Å². The Kier molecular flexibility index (Phi) is 8.52. The van der Waals surface area contributed by atoms with Crippen molar-refractivity contribution < 1.29 is 0 Å². The number of hydrogen-bond acceptors (Lipinski definition) is 2. The number of fused-ring (bicyclic) bond motifs is 4. The second kappa shape index (κ2) is 14.6. The Hall–Kier alpha value is -7.81. The lowest BCUT2D eigenvalue weighted by atomic mass is 9.84. The van der Waals surface area contributed by atoms with Gasteiger partial charge in [-0.15, -0.1) is 0 Å². The monoisotopic (exact) mass is 750 g/mol. The van der Waals surface area contributed by atoms with Crippen LogP contribution in [0, 0.1) is 0 Å². The van der Waals surface area contributed by atoms with Gasteiger partial charge in [-0.2, -0.15) is 0 Å². The fraction of sp³-hybridized carbons (Fsp3) is 0. The molecule has 0 amide bonds. The van der Waals surface area contributed by atoms with Crippen LogP contribution < -0.4 is 4.90 Å². The van der Waals surface area contributed by atoms with Gasteiger partial charge < -0.3 is 4.90 Å². The van der Waals surface area contributed by atoms with Crippen molar-refractivity contribution in [3.63, 3.8) is 0 Å². The summed E-state index contributed by atoms with van der Waals surface area (Å²) < 4.78 is 0. The summed E-state index contributed by atoms with van der Waals surface area (Å²) in [7, 11) is 0. The number of nitrogens with zero attached hydrogens (tertiary/aromatic N) is 2. The molecule has 0 saturated heterocycles. The minimum atomic E-state index is 1.10. The summed E-state index contributed by atoms with van der Waals surface area (Å²) in [5.74, 6) is 0. The molecular formula is C57H38N2. The molecule has 276 valence electrons. The highest BCUT2D eigenvalue weighted by molar-refractivity contribution is 6.23. The minimum Gasteiger partial charge on any atom is -0.310 e. The average molecular weight is 751 g/mol. The summed E-state index contributed by atoms with van der Waals surface area (Å²) in [5.41, 5.74) is 13.0. The fourth-order valence-electron chi connectivity index (χ4n) is 8.98. The van der Waals surface area contributed by atoms with Crippen LogP contribution in [0.5, 0.6) is 0 Å². The molecule has 10 aromatic carbocycles. The molecule has 0 unspecified atom stereocenters. The number of hydrogen-bond donors (Lipinski definition) is 0. The summed E-state index contributed by atoms with van der Waals surface area (Å²) in [5, 5.41) is 9.99. The molecule has 0 atom stereocenters. The highest BCUT2D eigenvalue weighted by Crippen LogP contribution is 2.46. The molecule has 11 rings (SSSR count). The maximum atomic E-state index is 4.21. The maximum absolute atomic E-state index is 4.21. The standard InChI is InChI=1S/C57H38N2/c1-3-15-48-43(11-1)13-9-21-50(48)57-53-19-7-5-17-51(53)56(52-18-6-8-20-54(52)57)45-25-23-39(24-26-45)40-27-31-46(32-28-40)59(55-22-10-14-44-12-2-4-16-49(44)55)47-33-29-41(30-34-47)42-35-37-58-38-36-42/h1-38H. The van der Waals surface area contributed by atoms with Crippen molar-refractivity contribution in [2.75, 3.05) is 4.90 Å². The molecule has 0 saturated carbocycles. The lowest BCUT2D eigenvalue weighted by Crippen LogP contribution is -2.10. The van der Waals surface area contributed by atoms with Gasteiger partial charge in [-0.1, -0.05) is 176 Å². The first-order valence-electron chi connectivity index (χ1n) is 20.2. The molecule has 0 radical (unpaired) electrons. The Morgan fingerprint density at radius 2 is 0.661 bits per heavy atom. The smallest absolute Gasteiger partial charge is 0.0540 e. The van der Waals surface area contributed by atoms with Crippen molar-refractivity contribution in [1.29, 1.82) is 0 Å². The van der Waals surface area contributed by atoms with E-state index in [-0.39, 0.29) is 0 Å². The molecule has 0 aliphatic heterocycles. The van der Waals surface area contributed by atoms with Crippen molar-refractivity contribution in [3.8, 4) is 44.5 Å². The number of benzene rings is 10. The lowest BCUT2D eigenvalue weighted by molar-refractivity contribution is 1.29. The minimum absolute atomic E-state index is 1.10. The Morgan fingerprint density at radius 3 is 1.22 bits per heavy atom. The molecule has 0 fully saturated rings. The van der Waals surface area contributed by atoms with Crippen LogP contribution in [-0.4, -0.2) is 4.98 Å². The Bertz CT molecular complexity index is 3230. The molecule has 0 aliphatic rings. The average Bonchev–Trinajstić information content (AvgIpc) is 3.31. The highest BCUT2D eigenvalue weighted by Gasteiger charge is 2.19. The van der Waals surface area contributed by atoms with Gasteiger partial charge in [-0.05, 0) is 125 Å². The van der Waals surface area contributed by atoms with Gasteiger partial charge in [0, 0.05) is 29.2 Å². The van der Waals surface area contributed by atoms with Crippen LogP contribution >= 0.6 is 0 Å². The Balaban J connectivity index is 0.982. The van der Waals surface area contributed by atoms with E-state index >= 15 is 0 Å². The fourth-order valence-corrected chi connectivity index (χ4v) is 8.98. The predicted molar refractivity (Wildman–Crippen MR) is 251 cm³/mol. The number of rotatable bonds is 7. The van der Waals surface area contributed by atoms with E-state index in [0.717, 1.165) is 28.2 Å². The molecule has 1 aromatic heterocycles. The van der Waals surface area contributed by atoms with E-state index in [4.69, 9.17) is 0 Å². The third-order valence-electron chi connectivity index (χ3n) is 11.8. The molecule has 0 spiro atoms. The van der Waals surface area contributed by atoms with E-state index in [9.17, 15) is 0 Å². The largest absolute Gasteiger partial charge is 0.310 e. The molecule has 2 nitrogen and oxygen atoms in total. The molecule has 0 aliphatic carbocycles. The first-order valence-corrected chi connectivity index (χ1v) is 20.2. The molecular weight excluding hydrogens is 713 g/mol.